The third-order valence-corrected chi connectivity index (χ3v) is 7.59. The molecule has 0 saturated carbocycles. The van der Waals surface area contributed by atoms with Crippen LogP contribution in [0, 0.1) is 5.82 Å². The molecule has 2 amide bonds. The zero-order valence-corrected chi connectivity index (χ0v) is 23.8. The molecule has 0 spiro atoms. The number of carbonyl (C=O) groups excluding carboxylic acids is 2. The van der Waals surface area contributed by atoms with E-state index < -0.39 is 17.8 Å². The molecular weight excluding hydrogens is 591 g/mol. The molecule has 2 aromatic heterocycles. The van der Waals surface area contributed by atoms with Crippen LogP contribution in [0.2, 0.25) is 0 Å². The minimum atomic E-state index is -1.03. The molecule has 0 bridgehead atoms. The van der Waals surface area contributed by atoms with Gasteiger partial charge in [-0.25, -0.2) is 9.18 Å². The van der Waals surface area contributed by atoms with Gasteiger partial charge in [0.05, 0.1) is 21.5 Å². The molecule has 4 aromatic rings. The number of hydrogen-bond acceptors (Lipinski definition) is 7. The number of carbonyl (C=O) groups is 3. The molecule has 41 heavy (non-hydrogen) atoms. The van der Waals surface area contributed by atoms with E-state index in [9.17, 15) is 23.9 Å². The average molecular weight is 615 g/mol. The lowest BCUT2D eigenvalue weighted by molar-refractivity contribution is -0.141. The van der Waals surface area contributed by atoms with Crippen molar-refractivity contribution in [1.82, 2.24) is 15.2 Å². The monoisotopic (exact) mass is 614 g/mol. The molecular formula is C28H24ClFN4O5S2. The fourth-order valence-electron chi connectivity index (χ4n) is 4.40. The number of amides is 2. The fraction of sp³-hybridized carbons (Fsp3) is 0.179. The van der Waals surface area contributed by atoms with Crippen molar-refractivity contribution in [3.8, 4) is 11.5 Å². The first-order valence-corrected chi connectivity index (χ1v) is 13.6. The topological polar surface area (TPSA) is 121 Å². The van der Waals surface area contributed by atoms with Gasteiger partial charge in [-0.15, -0.1) is 23.7 Å². The van der Waals surface area contributed by atoms with Crippen LogP contribution in [-0.4, -0.2) is 50.5 Å². The van der Waals surface area contributed by atoms with Crippen molar-refractivity contribution in [2.45, 2.75) is 25.3 Å². The lowest BCUT2D eigenvalue weighted by Crippen LogP contribution is -2.40. The SMILES string of the molecule is Cl.O=C(Cc1ccccc1)NC(=S)Nc1ccc(Oc2ccnc3cc(C(=O)N4CCCC4C(=O)O)sc23)c(F)c1. The number of anilines is 1. The van der Waals surface area contributed by atoms with Crippen LogP contribution >= 0.6 is 36.0 Å². The van der Waals surface area contributed by atoms with E-state index in [1.807, 2.05) is 30.3 Å². The maximum Gasteiger partial charge on any atom is 0.326 e. The van der Waals surface area contributed by atoms with E-state index in [0.717, 1.165) is 16.9 Å². The molecule has 1 unspecified atom stereocenters. The summed E-state index contributed by atoms with van der Waals surface area (Å²) in [6.45, 7) is 0.368. The first-order chi connectivity index (χ1) is 19.3. The number of hydrogen-bond donors (Lipinski definition) is 3. The van der Waals surface area contributed by atoms with Crippen LogP contribution in [0.1, 0.15) is 28.1 Å². The van der Waals surface area contributed by atoms with Crippen LogP contribution in [0.3, 0.4) is 0 Å². The van der Waals surface area contributed by atoms with Crippen LogP contribution in [0.15, 0.2) is 66.9 Å². The zero-order chi connectivity index (χ0) is 28.2. The predicted octanol–water partition coefficient (Wildman–Crippen LogP) is 5.39. The van der Waals surface area contributed by atoms with Crippen LogP contribution in [0.25, 0.3) is 10.2 Å². The number of aliphatic carboxylic acids is 1. The number of carboxylic acid groups (broad SMARTS) is 1. The van der Waals surface area contributed by atoms with Crippen molar-refractivity contribution >= 4 is 74.8 Å². The Bertz CT molecular complexity index is 1620. The number of fused-ring (bicyclic) bond motifs is 1. The number of thiophene rings is 1. The molecule has 2 aromatic carbocycles. The van der Waals surface area contributed by atoms with Gasteiger partial charge in [0.2, 0.25) is 5.91 Å². The normalized spacial score (nSPS) is 14.3. The Balaban J connectivity index is 0.00000387. The van der Waals surface area contributed by atoms with Gasteiger partial charge in [-0.05, 0) is 48.8 Å². The molecule has 0 radical (unpaired) electrons. The Kier molecular flexibility index (Phi) is 9.48. The molecule has 1 saturated heterocycles. The minimum absolute atomic E-state index is 0. The Morgan fingerprint density at radius 3 is 2.63 bits per heavy atom. The summed E-state index contributed by atoms with van der Waals surface area (Å²) in [4.78, 5) is 42.7. The van der Waals surface area contributed by atoms with Gasteiger partial charge >= 0.3 is 5.97 Å². The average Bonchev–Trinajstić information content (AvgIpc) is 3.59. The smallest absolute Gasteiger partial charge is 0.326 e. The lowest BCUT2D eigenvalue weighted by atomic mass is 10.1. The summed E-state index contributed by atoms with van der Waals surface area (Å²) in [5.41, 5.74) is 1.63. The molecule has 1 aliphatic rings. The summed E-state index contributed by atoms with van der Waals surface area (Å²) < 4.78 is 21.3. The van der Waals surface area contributed by atoms with E-state index in [-0.39, 0.29) is 41.5 Å². The number of carboxylic acids is 1. The second-order valence-electron chi connectivity index (χ2n) is 9.04. The highest BCUT2D eigenvalue weighted by Crippen LogP contribution is 2.37. The van der Waals surface area contributed by atoms with Crippen molar-refractivity contribution < 1.29 is 28.6 Å². The largest absolute Gasteiger partial charge is 0.480 e. The number of benzene rings is 2. The maximum absolute atomic E-state index is 15.0. The molecule has 1 atom stereocenters. The summed E-state index contributed by atoms with van der Waals surface area (Å²) in [5, 5.41) is 14.8. The van der Waals surface area contributed by atoms with E-state index in [1.54, 1.807) is 18.2 Å². The fourth-order valence-corrected chi connectivity index (χ4v) is 5.66. The first-order valence-electron chi connectivity index (χ1n) is 12.3. The Morgan fingerprint density at radius 1 is 1.12 bits per heavy atom. The highest BCUT2D eigenvalue weighted by molar-refractivity contribution is 7.80. The van der Waals surface area contributed by atoms with E-state index in [0.29, 0.717) is 45.9 Å². The van der Waals surface area contributed by atoms with Crippen molar-refractivity contribution in [2.24, 2.45) is 0 Å². The van der Waals surface area contributed by atoms with Crippen LogP contribution in [-0.2, 0) is 16.0 Å². The van der Waals surface area contributed by atoms with E-state index in [1.165, 1.54) is 23.2 Å². The number of likely N-dealkylation sites (tertiary alicyclic amines) is 1. The molecule has 9 nitrogen and oxygen atoms in total. The number of thiocarbonyl (C=S) groups is 1. The number of halogens is 2. The second-order valence-corrected chi connectivity index (χ2v) is 10.5. The highest BCUT2D eigenvalue weighted by atomic mass is 35.5. The summed E-state index contributed by atoms with van der Waals surface area (Å²) in [5.74, 6) is -2.16. The van der Waals surface area contributed by atoms with E-state index in [4.69, 9.17) is 17.0 Å². The number of ether oxygens (including phenoxy) is 1. The molecule has 3 heterocycles. The standard InChI is InChI=1S/C28H23FN4O5S2.ClH/c29-18-14-17(31-28(39)32-24(34)13-16-5-2-1-3-6-16)8-9-21(18)38-22-10-11-30-19-15-23(40-25(19)22)26(35)33-12-4-7-20(33)27(36)37;/h1-3,5-6,8-11,14-15,20H,4,7,12-13H2,(H,36,37)(H2,31,32,34,39);1H. The number of aromatic nitrogens is 1. The molecule has 1 aliphatic heterocycles. The van der Waals surface area contributed by atoms with Gasteiger partial charge in [-0.3, -0.25) is 14.6 Å². The van der Waals surface area contributed by atoms with Gasteiger partial charge in [0.25, 0.3) is 5.91 Å². The van der Waals surface area contributed by atoms with Gasteiger partial charge in [-0.1, -0.05) is 30.3 Å². The Hall–Kier alpha value is -4.13. The summed E-state index contributed by atoms with van der Waals surface area (Å²) in [7, 11) is 0. The summed E-state index contributed by atoms with van der Waals surface area (Å²) in [6, 6.07) is 15.6. The molecule has 1 fully saturated rings. The quantitative estimate of drug-likeness (QED) is 0.237. The highest BCUT2D eigenvalue weighted by Gasteiger charge is 2.35. The molecule has 5 rings (SSSR count). The van der Waals surface area contributed by atoms with Crippen LogP contribution in [0.5, 0.6) is 11.5 Å². The van der Waals surface area contributed by atoms with Crippen molar-refractivity contribution in [2.75, 3.05) is 11.9 Å². The van der Waals surface area contributed by atoms with Crippen molar-refractivity contribution in [3.05, 3.63) is 83.1 Å². The van der Waals surface area contributed by atoms with E-state index >= 15 is 0 Å². The van der Waals surface area contributed by atoms with Gasteiger partial charge in [0.1, 0.15) is 11.8 Å². The number of nitrogens with one attached hydrogen (secondary N) is 2. The minimum Gasteiger partial charge on any atom is -0.480 e. The lowest BCUT2D eigenvalue weighted by Gasteiger charge is -2.20. The Morgan fingerprint density at radius 2 is 1.90 bits per heavy atom. The van der Waals surface area contributed by atoms with Crippen LogP contribution in [0.4, 0.5) is 10.1 Å². The molecule has 212 valence electrons. The molecule has 0 aliphatic carbocycles. The third kappa shape index (κ3) is 6.96. The third-order valence-electron chi connectivity index (χ3n) is 6.26. The predicted molar refractivity (Wildman–Crippen MR) is 160 cm³/mol. The molecule has 3 N–H and O–H groups in total. The number of pyridine rings is 1. The van der Waals surface area contributed by atoms with Gasteiger partial charge < -0.3 is 25.4 Å². The Labute approximate surface area is 249 Å². The van der Waals surface area contributed by atoms with Crippen LogP contribution < -0.4 is 15.4 Å². The van der Waals surface area contributed by atoms with Gasteiger partial charge in [0, 0.05) is 30.6 Å². The van der Waals surface area contributed by atoms with E-state index in [2.05, 4.69) is 15.6 Å². The maximum atomic E-state index is 15.0. The van der Waals surface area contributed by atoms with Gasteiger partial charge in [-0.2, -0.15) is 0 Å². The van der Waals surface area contributed by atoms with Gasteiger partial charge in [0.15, 0.2) is 16.7 Å². The van der Waals surface area contributed by atoms with Crippen molar-refractivity contribution in [1.29, 1.82) is 0 Å². The first kappa shape index (κ1) is 29.8. The summed E-state index contributed by atoms with van der Waals surface area (Å²) in [6.07, 6.45) is 2.67. The summed E-state index contributed by atoms with van der Waals surface area (Å²) >= 11 is 6.29. The number of nitrogens with zero attached hydrogens (tertiary/aromatic N) is 2. The van der Waals surface area contributed by atoms with Crippen molar-refractivity contribution in [3.63, 3.8) is 0 Å². The molecule has 13 heteroatoms. The second kappa shape index (κ2) is 13.0. The number of rotatable bonds is 7. The zero-order valence-electron chi connectivity index (χ0n) is 21.3.